The topological polar surface area (TPSA) is 75.5 Å². The average molecular weight is 437 g/mol. The average Bonchev–Trinajstić information content (AvgIpc) is 3.22. The number of fused-ring (bicyclic) bond motifs is 1. The van der Waals surface area contributed by atoms with Gasteiger partial charge < -0.3 is 15.0 Å². The van der Waals surface area contributed by atoms with Crippen molar-refractivity contribution in [1.29, 1.82) is 0 Å². The molecule has 7 heteroatoms. The maximum Gasteiger partial charge on any atom is 0.251 e. The van der Waals surface area contributed by atoms with E-state index in [9.17, 15) is 9.59 Å². The lowest BCUT2D eigenvalue weighted by atomic mass is 9.95. The third-order valence-corrected chi connectivity index (χ3v) is 6.57. The Labute approximate surface area is 186 Å². The molecule has 2 N–H and O–H groups in total. The van der Waals surface area contributed by atoms with Gasteiger partial charge in [-0.2, -0.15) is 0 Å². The Morgan fingerprint density at radius 1 is 1.06 bits per heavy atom. The van der Waals surface area contributed by atoms with Gasteiger partial charge in [0, 0.05) is 47.6 Å². The molecule has 0 aliphatic heterocycles. The summed E-state index contributed by atoms with van der Waals surface area (Å²) >= 11 is 1.69. The second-order valence-electron chi connectivity index (χ2n) is 7.92. The van der Waals surface area contributed by atoms with Crippen LogP contribution in [0.1, 0.15) is 54.6 Å². The second-order valence-corrected chi connectivity index (χ2v) is 8.97. The van der Waals surface area contributed by atoms with Gasteiger partial charge in [-0.1, -0.05) is 25.3 Å². The summed E-state index contributed by atoms with van der Waals surface area (Å²) in [5, 5.41) is 5.92. The van der Waals surface area contributed by atoms with Crippen molar-refractivity contribution in [3.05, 3.63) is 66.1 Å². The van der Waals surface area contributed by atoms with E-state index in [4.69, 9.17) is 0 Å². The first-order chi connectivity index (χ1) is 15.2. The van der Waals surface area contributed by atoms with Crippen molar-refractivity contribution in [3.63, 3.8) is 0 Å². The van der Waals surface area contributed by atoms with Crippen LogP contribution in [0.4, 0.5) is 0 Å². The molecule has 0 radical (unpaired) electrons. The van der Waals surface area contributed by atoms with Gasteiger partial charge in [0.1, 0.15) is 5.65 Å². The van der Waals surface area contributed by atoms with Crippen LogP contribution in [0.3, 0.4) is 0 Å². The molecule has 1 fully saturated rings. The van der Waals surface area contributed by atoms with E-state index in [0.717, 1.165) is 34.8 Å². The van der Waals surface area contributed by atoms with Crippen molar-refractivity contribution in [2.75, 3.05) is 6.54 Å². The standard InChI is InChI=1S/C24H28N4O2S/c29-23(27-19-6-2-1-3-7-19)13-14-25-24(30)18-9-11-21(12-10-18)31-17-20-16-28-15-5-4-8-22(28)26-20/h4-5,8-12,15-16,19H,1-3,6-7,13-14,17H2,(H,25,30)(H,27,29). The molecule has 1 saturated carbocycles. The number of hydrogen-bond donors (Lipinski definition) is 2. The summed E-state index contributed by atoms with van der Waals surface area (Å²) in [6, 6.07) is 13.8. The zero-order chi connectivity index (χ0) is 21.5. The molecular weight excluding hydrogens is 408 g/mol. The smallest absolute Gasteiger partial charge is 0.251 e. The van der Waals surface area contributed by atoms with Crippen LogP contribution in [0, 0.1) is 0 Å². The van der Waals surface area contributed by atoms with Crippen LogP contribution in [-0.2, 0) is 10.5 Å². The molecule has 0 unspecified atom stereocenters. The minimum Gasteiger partial charge on any atom is -0.353 e. The van der Waals surface area contributed by atoms with Gasteiger partial charge in [0.15, 0.2) is 0 Å². The van der Waals surface area contributed by atoms with Gasteiger partial charge in [-0.3, -0.25) is 9.59 Å². The molecule has 2 heterocycles. The molecule has 0 spiro atoms. The van der Waals surface area contributed by atoms with E-state index in [0.29, 0.717) is 24.6 Å². The van der Waals surface area contributed by atoms with E-state index in [2.05, 4.69) is 15.6 Å². The first-order valence-corrected chi connectivity index (χ1v) is 11.9. The van der Waals surface area contributed by atoms with Crippen molar-refractivity contribution in [1.82, 2.24) is 20.0 Å². The number of carbonyl (C=O) groups is 2. The van der Waals surface area contributed by atoms with Gasteiger partial charge >= 0.3 is 0 Å². The number of nitrogens with zero attached hydrogens (tertiary/aromatic N) is 2. The van der Waals surface area contributed by atoms with Gasteiger partial charge in [0.2, 0.25) is 5.91 Å². The predicted octanol–water partition coefficient (Wildman–Crippen LogP) is 4.20. The number of carbonyl (C=O) groups excluding carboxylic acids is 2. The Bertz CT molecular complexity index is 992. The van der Waals surface area contributed by atoms with E-state index in [-0.39, 0.29) is 11.8 Å². The minimum atomic E-state index is -0.151. The highest BCUT2D eigenvalue weighted by Gasteiger charge is 2.15. The maximum absolute atomic E-state index is 12.3. The summed E-state index contributed by atoms with van der Waals surface area (Å²) in [6.45, 7) is 0.349. The van der Waals surface area contributed by atoms with Crippen molar-refractivity contribution in [2.24, 2.45) is 0 Å². The molecule has 31 heavy (non-hydrogen) atoms. The van der Waals surface area contributed by atoms with Crippen molar-refractivity contribution < 1.29 is 9.59 Å². The van der Waals surface area contributed by atoms with Crippen molar-refractivity contribution >= 4 is 29.2 Å². The molecule has 0 atom stereocenters. The fraction of sp³-hybridized carbons (Fsp3) is 0.375. The quantitative estimate of drug-likeness (QED) is 0.519. The van der Waals surface area contributed by atoms with E-state index < -0.39 is 0 Å². The molecule has 0 saturated heterocycles. The van der Waals surface area contributed by atoms with Crippen LogP contribution in [0.25, 0.3) is 5.65 Å². The van der Waals surface area contributed by atoms with Gasteiger partial charge in [-0.05, 0) is 49.2 Å². The van der Waals surface area contributed by atoms with Crippen LogP contribution >= 0.6 is 11.8 Å². The Balaban J connectivity index is 1.20. The number of rotatable bonds is 8. The Kier molecular flexibility index (Phi) is 7.25. The van der Waals surface area contributed by atoms with Gasteiger partial charge in [-0.25, -0.2) is 4.98 Å². The van der Waals surface area contributed by atoms with E-state index in [1.807, 2.05) is 59.3 Å². The molecule has 0 bridgehead atoms. The van der Waals surface area contributed by atoms with Crippen LogP contribution < -0.4 is 10.6 Å². The van der Waals surface area contributed by atoms with Crippen molar-refractivity contribution in [2.45, 2.75) is 55.2 Å². The van der Waals surface area contributed by atoms with Crippen molar-refractivity contribution in [3.8, 4) is 0 Å². The monoisotopic (exact) mass is 436 g/mol. The van der Waals surface area contributed by atoms with Gasteiger partial charge in [0.05, 0.1) is 5.69 Å². The minimum absolute atomic E-state index is 0.0193. The molecule has 2 aromatic heterocycles. The van der Waals surface area contributed by atoms with Crippen LogP contribution in [-0.4, -0.2) is 33.8 Å². The zero-order valence-corrected chi connectivity index (χ0v) is 18.4. The summed E-state index contributed by atoms with van der Waals surface area (Å²) in [4.78, 5) is 30.1. The summed E-state index contributed by atoms with van der Waals surface area (Å²) in [5.74, 6) is 0.636. The predicted molar refractivity (Wildman–Crippen MR) is 123 cm³/mol. The molecule has 1 aliphatic rings. The molecule has 6 nitrogen and oxygen atoms in total. The van der Waals surface area contributed by atoms with Gasteiger partial charge in [0.25, 0.3) is 5.91 Å². The Morgan fingerprint density at radius 3 is 2.65 bits per heavy atom. The highest BCUT2D eigenvalue weighted by molar-refractivity contribution is 7.98. The van der Waals surface area contributed by atoms with E-state index in [1.165, 1.54) is 19.3 Å². The number of thioether (sulfide) groups is 1. The number of pyridine rings is 1. The third kappa shape index (κ3) is 6.10. The Hall–Kier alpha value is -2.80. The molecule has 1 aromatic carbocycles. The summed E-state index contributed by atoms with van der Waals surface area (Å²) in [7, 11) is 0. The zero-order valence-electron chi connectivity index (χ0n) is 17.5. The highest BCUT2D eigenvalue weighted by Crippen LogP contribution is 2.23. The molecule has 162 valence electrons. The SMILES string of the molecule is O=C(CCNC(=O)c1ccc(SCc2cn3ccccc3n2)cc1)NC1CCCCC1. The Morgan fingerprint density at radius 2 is 1.87 bits per heavy atom. The van der Waals surface area contributed by atoms with Crippen LogP contribution in [0.2, 0.25) is 0 Å². The molecule has 3 aromatic rings. The fourth-order valence-corrected chi connectivity index (χ4v) is 4.64. The summed E-state index contributed by atoms with van der Waals surface area (Å²) < 4.78 is 2.01. The normalized spacial score (nSPS) is 14.5. The first kappa shape index (κ1) is 21.4. The lowest BCUT2D eigenvalue weighted by Gasteiger charge is -2.22. The molecule has 4 rings (SSSR count). The molecular formula is C24H28N4O2S. The third-order valence-electron chi connectivity index (χ3n) is 5.53. The number of nitrogens with one attached hydrogen (secondary N) is 2. The number of imidazole rings is 1. The number of hydrogen-bond acceptors (Lipinski definition) is 4. The second kappa shape index (κ2) is 10.5. The maximum atomic E-state index is 12.3. The highest BCUT2D eigenvalue weighted by atomic mass is 32.2. The van der Waals surface area contributed by atoms with Gasteiger partial charge in [-0.15, -0.1) is 11.8 Å². The molecule has 2 amide bonds. The number of aromatic nitrogens is 2. The summed E-state index contributed by atoms with van der Waals surface area (Å²) in [5.41, 5.74) is 2.56. The van der Waals surface area contributed by atoms with Crippen LogP contribution in [0.5, 0.6) is 0 Å². The van der Waals surface area contributed by atoms with E-state index in [1.54, 1.807) is 11.8 Å². The summed E-state index contributed by atoms with van der Waals surface area (Å²) in [6.07, 6.45) is 10.1. The number of amides is 2. The molecule has 1 aliphatic carbocycles. The largest absolute Gasteiger partial charge is 0.353 e. The lowest BCUT2D eigenvalue weighted by molar-refractivity contribution is -0.121. The van der Waals surface area contributed by atoms with Crippen LogP contribution in [0.15, 0.2) is 59.8 Å². The first-order valence-electron chi connectivity index (χ1n) is 10.9. The fourth-order valence-electron chi connectivity index (χ4n) is 3.85. The lowest BCUT2D eigenvalue weighted by Crippen LogP contribution is -2.38. The van der Waals surface area contributed by atoms with E-state index >= 15 is 0 Å². The number of benzene rings is 1.